The molecule has 4 rings (SSSR count). The van der Waals surface area contributed by atoms with E-state index in [1.165, 1.54) is 17.4 Å². The van der Waals surface area contributed by atoms with Gasteiger partial charge in [0.15, 0.2) is 0 Å². The fraction of sp³-hybridized carbons (Fsp3) is 0.385. The maximum Gasteiger partial charge on any atom is 0.326 e. The molecule has 0 aliphatic carbocycles. The largest absolute Gasteiger partial charge is 0.480 e. The van der Waals surface area contributed by atoms with E-state index in [1.54, 1.807) is 6.20 Å². The zero-order valence-electron chi connectivity index (χ0n) is 21.6. The Morgan fingerprint density at radius 2 is 1.88 bits per heavy atom. The van der Waals surface area contributed by atoms with Crippen LogP contribution < -0.4 is 22.1 Å². The molecule has 4 unspecified atom stereocenters. The van der Waals surface area contributed by atoms with Gasteiger partial charge in [-0.25, -0.2) is 9.78 Å². The fourth-order valence-corrected chi connectivity index (χ4v) is 4.90. The van der Waals surface area contributed by atoms with Gasteiger partial charge < -0.3 is 42.1 Å². The Hall–Kier alpha value is -4.72. The smallest absolute Gasteiger partial charge is 0.326 e. The van der Waals surface area contributed by atoms with Gasteiger partial charge in [-0.3, -0.25) is 19.2 Å². The molecule has 1 fully saturated rings. The van der Waals surface area contributed by atoms with Gasteiger partial charge in [-0.1, -0.05) is 18.2 Å². The molecule has 0 radical (unpaired) electrons. The first kappa shape index (κ1) is 28.3. The number of hydrogen-bond acceptors (Lipinski definition) is 7. The van der Waals surface area contributed by atoms with Crippen molar-refractivity contribution < 1.29 is 29.1 Å². The molecule has 1 aliphatic rings. The van der Waals surface area contributed by atoms with E-state index in [0.29, 0.717) is 18.5 Å². The normalized spacial score (nSPS) is 17.2. The summed E-state index contributed by atoms with van der Waals surface area (Å²) in [5.74, 6) is -3.86. The Morgan fingerprint density at radius 1 is 1.10 bits per heavy atom. The maximum absolute atomic E-state index is 13.8. The highest BCUT2D eigenvalue weighted by molar-refractivity contribution is 5.96. The van der Waals surface area contributed by atoms with Crippen LogP contribution in [-0.4, -0.2) is 85.3 Å². The quantitative estimate of drug-likeness (QED) is 0.146. The molecule has 1 aromatic carbocycles. The number of fused-ring (bicyclic) bond motifs is 1. The van der Waals surface area contributed by atoms with Gasteiger partial charge >= 0.3 is 5.97 Å². The van der Waals surface area contributed by atoms with Crippen LogP contribution in [0.4, 0.5) is 0 Å². The fourth-order valence-electron chi connectivity index (χ4n) is 4.90. The average molecular weight is 553 g/mol. The first-order valence-corrected chi connectivity index (χ1v) is 12.8. The number of likely N-dealkylation sites (tertiary alicyclic amines) is 1. The molecule has 0 bridgehead atoms. The van der Waals surface area contributed by atoms with Crippen molar-refractivity contribution in [3.05, 3.63) is 54.2 Å². The van der Waals surface area contributed by atoms with Crippen LogP contribution in [0.1, 0.15) is 30.5 Å². The lowest BCUT2D eigenvalue weighted by atomic mass is 10.0. The number of amides is 4. The lowest BCUT2D eigenvalue weighted by Gasteiger charge is -2.30. The second kappa shape index (κ2) is 12.4. The van der Waals surface area contributed by atoms with Gasteiger partial charge in [0.2, 0.25) is 23.6 Å². The van der Waals surface area contributed by atoms with E-state index in [-0.39, 0.29) is 19.4 Å². The minimum Gasteiger partial charge on any atom is -0.480 e. The number of para-hydroxylation sites is 1. The molecular formula is C26H32N8O6. The topological polar surface area (TPSA) is 229 Å². The predicted octanol–water partition coefficient (Wildman–Crippen LogP) is -1.08. The molecule has 0 spiro atoms. The first-order valence-electron chi connectivity index (χ1n) is 12.8. The number of imidazole rings is 1. The highest BCUT2D eigenvalue weighted by Crippen LogP contribution is 2.23. The molecule has 9 N–H and O–H groups in total. The van der Waals surface area contributed by atoms with E-state index < -0.39 is 60.2 Å². The lowest BCUT2D eigenvalue weighted by molar-refractivity contribution is -0.144. The summed E-state index contributed by atoms with van der Waals surface area (Å²) < 4.78 is 0. The number of carboxylic acids is 1. The van der Waals surface area contributed by atoms with Crippen LogP contribution in [-0.2, 0) is 36.8 Å². The Bertz CT molecular complexity index is 1390. The summed E-state index contributed by atoms with van der Waals surface area (Å²) in [5.41, 5.74) is 13.1. The van der Waals surface area contributed by atoms with E-state index >= 15 is 0 Å². The van der Waals surface area contributed by atoms with Crippen LogP contribution in [0.5, 0.6) is 0 Å². The van der Waals surface area contributed by atoms with E-state index in [2.05, 4.69) is 25.6 Å². The number of aliphatic carboxylic acids is 1. The van der Waals surface area contributed by atoms with Crippen molar-refractivity contribution in [1.29, 1.82) is 0 Å². The standard InChI is InChI=1S/C26H32N8O6/c27-17(10-22(28)35)23(36)32-19(8-14-11-30-18-5-2-1-4-16(14)18)25(38)34-7-3-6-21(34)24(37)33-20(26(39)40)9-15-12-29-13-31-15/h1-2,4-5,11-13,17,19-21,30H,3,6-10,27H2,(H2,28,35)(H,29,31)(H,32,36)(H,33,37)(H,39,40). The summed E-state index contributed by atoms with van der Waals surface area (Å²) in [6.07, 6.45) is 5.11. The number of primary amides is 1. The average Bonchev–Trinajstić information content (AvgIpc) is 3.68. The van der Waals surface area contributed by atoms with Crippen LogP contribution in [0, 0.1) is 0 Å². The minimum atomic E-state index is -1.26. The van der Waals surface area contributed by atoms with Crippen molar-refractivity contribution in [2.75, 3.05) is 6.54 Å². The highest BCUT2D eigenvalue weighted by atomic mass is 16.4. The van der Waals surface area contributed by atoms with Gasteiger partial charge in [0.25, 0.3) is 0 Å². The Balaban J connectivity index is 1.54. The molecule has 4 atom stereocenters. The number of nitrogens with zero attached hydrogens (tertiary/aromatic N) is 2. The third-order valence-electron chi connectivity index (χ3n) is 6.90. The zero-order valence-corrected chi connectivity index (χ0v) is 21.6. The first-order chi connectivity index (χ1) is 19.1. The summed E-state index contributed by atoms with van der Waals surface area (Å²) >= 11 is 0. The predicted molar refractivity (Wildman–Crippen MR) is 142 cm³/mol. The van der Waals surface area contributed by atoms with E-state index in [4.69, 9.17) is 11.5 Å². The van der Waals surface area contributed by atoms with Crippen molar-refractivity contribution in [2.45, 2.75) is 56.3 Å². The summed E-state index contributed by atoms with van der Waals surface area (Å²) in [7, 11) is 0. The van der Waals surface area contributed by atoms with Gasteiger partial charge in [-0.05, 0) is 24.5 Å². The maximum atomic E-state index is 13.8. The number of rotatable bonds is 12. The summed E-state index contributed by atoms with van der Waals surface area (Å²) in [5, 5.41) is 15.7. The molecule has 1 aliphatic heterocycles. The zero-order chi connectivity index (χ0) is 28.8. The van der Waals surface area contributed by atoms with Crippen molar-refractivity contribution in [3.8, 4) is 0 Å². The molecule has 1 saturated heterocycles. The van der Waals surface area contributed by atoms with Gasteiger partial charge in [0.1, 0.15) is 18.1 Å². The van der Waals surface area contributed by atoms with E-state index in [0.717, 1.165) is 16.5 Å². The Labute approximate surface area is 228 Å². The second-order valence-electron chi connectivity index (χ2n) is 9.77. The third kappa shape index (κ3) is 6.64. The molecule has 40 heavy (non-hydrogen) atoms. The number of benzene rings is 1. The molecule has 4 amide bonds. The van der Waals surface area contributed by atoms with Gasteiger partial charge in [-0.2, -0.15) is 0 Å². The van der Waals surface area contributed by atoms with Gasteiger partial charge in [0, 0.05) is 48.4 Å². The SMILES string of the molecule is NC(=O)CC(N)C(=O)NC(Cc1c[nH]c2ccccc12)C(=O)N1CCCC1C(=O)NC(Cc1cnc[nH]1)C(=O)O. The minimum absolute atomic E-state index is 0.0151. The van der Waals surface area contributed by atoms with Crippen LogP contribution in [0.2, 0.25) is 0 Å². The summed E-state index contributed by atoms with van der Waals surface area (Å²) in [6, 6.07) is 2.92. The van der Waals surface area contributed by atoms with Gasteiger partial charge in [0.05, 0.1) is 18.8 Å². The van der Waals surface area contributed by atoms with Crippen molar-refractivity contribution >= 4 is 40.5 Å². The van der Waals surface area contributed by atoms with Crippen molar-refractivity contribution in [2.24, 2.45) is 11.5 Å². The highest BCUT2D eigenvalue weighted by Gasteiger charge is 2.39. The number of carbonyl (C=O) groups excluding carboxylic acids is 4. The molecule has 14 heteroatoms. The lowest BCUT2D eigenvalue weighted by Crippen LogP contribution is -2.57. The van der Waals surface area contributed by atoms with Crippen molar-refractivity contribution in [3.63, 3.8) is 0 Å². The summed E-state index contributed by atoms with van der Waals surface area (Å²) in [6.45, 7) is 0.239. The third-order valence-corrected chi connectivity index (χ3v) is 6.90. The monoisotopic (exact) mass is 552 g/mol. The van der Waals surface area contributed by atoms with Crippen LogP contribution in [0.3, 0.4) is 0 Å². The van der Waals surface area contributed by atoms with Crippen LogP contribution >= 0.6 is 0 Å². The number of carboxylic acid groups (broad SMARTS) is 1. The summed E-state index contributed by atoms with van der Waals surface area (Å²) in [4.78, 5) is 74.1. The van der Waals surface area contributed by atoms with E-state index in [9.17, 15) is 29.1 Å². The molecule has 0 saturated carbocycles. The number of carbonyl (C=O) groups is 5. The molecule has 212 valence electrons. The number of H-pyrrole nitrogens is 2. The van der Waals surface area contributed by atoms with Gasteiger partial charge in [-0.15, -0.1) is 0 Å². The molecular weight excluding hydrogens is 520 g/mol. The molecule has 3 aromatic rings. The molecule has 14 nitrogen and oxygen atoms in total. The molecule has 3 heterocycles. The van der Waals surface area contributed by atoms with Crippen LogP contribution in [0.15, 0.2) is 43.0 Å². The number of nitrogens with two attached hydrogens (primary N) is 2. The molecule has 2 aromatic heterocycles. The van der Waals surface area contributed by atoms with Crippen molar-refractivity contribution in [1.82, 2.24) is 30.5 Å². The second-order valence-corrected chi connectivity index (χ2v) is 9.77. The van der Waals surface area contributed by atoms with E-state index in [1.807, 2.05) is 24.3 Å². The number of nitrogens with one attached hydrogen (secondary N) is 4. The Kier molecular flexibility index (Phi) is 8.79. The Morgan fingerprint density at radius 3 is 2.58 bits per heavy atom. The van der Waals surface area contributed by atoms with Crippen LogP contribution in [0.25, 0.3) is 10.9 Å². The number of aromatic amines is 2. The number of aromatic nitrogens is 3. The number of hydrogen-bond donors (Lipinski definition) is 7.